The van der Waals surface area contributed by atoms with Crippen LogP contribution in [0.3, 0.4) is 0 Å². The number of carbonyl (C=O) groups is 1. The molecule has 17 heavy (non-hydrogen) atoms. The fourth-order valence-electron chi connectivity index (χ4n) is 2.36. The third-order valence-electron chi connectivity index (χ3n) is 3.70. The van der Waals surface area contributed by atoms with Crippen molar-refractivity contribution in [3.63, 3.8) is 0 Å². The number of esters is 1. The minimum absolute atomic E-state index is 0.169. The molecule has 1 N–H and O–H groups in total. The van der Waals surface area contributed by atoms with Crippen LogP contribution in [0.4, 0.5) is 0 Å². The smallest absolute Gasteiger partial charge is 0.328 e. The number of likely N-dealkylation sites (N-methyl/N-ethyl adjacent to an activating group) is 1. The Balaban J connectivity index is 1.94. The van der Waals surface area contributed by atoms with Gasteiger partial charge in [0.15, 0.2) is 0 Å². The number of rotatable bonds is 8. The first kappa shape index (κ1) is 12.8. The summed E-state index contributed by atoms with van der Waals surface area (Å²) in [6.07, 6.45) is 4.73. The summed E-state index contributed by atoms with van der Waals surface area (Å²) in [5.41, 5.74) is -0.599. The van der Waals surface area contributed by atoms with Crippen LogP contribution in [0.25, 0.3) is 0 Å². The van der Waals surface area contributed by atoms with Crippen LogP contribution < -0.4 is 5.32 Å². The Bertz CT molecular complexity index is 274. The van der Waals surface area contributed by atoms with Crippen LogP contribution in [0.2, 0.25) is 0 Å². The molecule has 0 aromatic heterocycles. The molecule has 2 rings (SSSR count). The number of ether oxygens (including phenoxy) is 2. The molecule has 0 amide bonds. The Labute approximate surface area is 103 Å². The molecule has 4 nitrogen and oxygen atoms in total. The van der Waals surface area contributed by atoms with E-state index in [1.165, 1.54) is 20.0 Å². The molecule has 2 fully saturated rings. The van der Waals surface area contributed by atoms with Gasteiger partial charge in [-0.15, -0.1) is 0 Å². The summed E-state index contributed by atoms with van der Waals surface area (Å²) in [4.78, 5) is 12.0. The zero-order valence-electron chi connectivity index (χ0n) is 10.8. The standard InChI is InChI=1S/C13H23NO3/c1-3-14-13(11-6-7-11,12(15)16-2)9-17-8-10-4-5-10/h10-11,14H,3-9H2,1-2H3. The van der Waals surface area contributed by atoms with Gasteiger partial charge in [0.05, 0.1) is 13.7 Å². The molecule has 4 heteroatoms. The number of hydrogen-bond donors (Lipinski definition) is 1. The highest BCUT2D eigenvalue weighted by Crippen LogP contribution is 2.41. The third-order valence-corrected chi connectivity index (χ3v) is 3.70. The van der Waals surface area contributed by atoms with Crippen molar-refractivity contribution < 1.29 is 14.3 Å². The molecule has 0 spiro atoms. The lowest BCUT2D eigenvalue weighted by Crippen LogP contribution is -2.58. The number of hydrogen-bond acceptors (Lipinski definition) is 4. The second-order valence-corrected chi connectivity index (χ2v) is 5.23. The van der Waals surface area contributed by atoms with E-state index in [1.807, 2.05) is 6.92 Å². The van der Waals surface area contributed by atoms with Crippen LogP contribution in [-0.4, -0.2) is 38.4 Å². The minimum Gasteiger partial charge on any atom is -0.468 e. The second-order valence-electron chi connectivity index (χ2n) is 5.23. The van der Waals surface area contributed by atoms with E-state index in [0.29, 0.717) is 12.5 Å². The molecule has 1 unspecified atom stereocenters. The molecule has 2 aliphatic carbocycles. The average molecular weight is 241 g/mol. The van der Waals surface area contributed by atoms with Gasteiger partial charge in [-0.25, -0.2) is 4.79 Å². The zero-order chi connectivity index (χ0) is 12.3. The van der Waals surface area contributed by atoms with Crippen molar-refractivity contribution in [3.05, 3.63) is 0 Å². The molecule has 2 saturated carbocycles. The summed E-state index contributed by atoms with van der Waals surface area (Å²) in [6.45, 7) is 4.02. The highest BCUT2D eigenvalue weighted by atomic mass is 16.5. The van der Waals surface area contributed by atoms with Gasteiger partial charge in [0.25, 0.3) is 0 Å². The van der Waals surface area contributed by atoms with Crippen LogP contribution in [-0.2, 0) is 14.3 Å². The maximum atomic E-state index is 12.0. The first-order valence-electron chi connectivity index (χ1n) is 6.64. The largest absolute Gasteiger partial charge is 0.468 e. The predicted molar refractivity (Wildman–Crippen MR) is 64.7 cm³/mol. The fraction of sp³-hybridized carbons (Fsp3) is 0.923. The van der Waals surface area contributed by atoms with Crippen LogP contribution in [0, 0.1) is 11.8 Å². The van der Waals surface area contributed by atoms with Gasteiger partial charge < -0.3 is 9.47 Å². The van der Waals surface area contributed by atoms with Crippen molar-refractivity contribution in [2.75, 3.05) is 26.9 Å². The van der Waals surface area contributed by atoms with E-state index in [1.54, 1.807) is 0 Å². The van der Waals surface area contributed by atoms with E-state index < -0.39 is 5.54 Å². The Morgan fingerprint density at radius 2 is 2.06 bits per heavy atom. The van der Waals surface area contributed by atoms with Crippen molar-refractivity contribution in [1.82, 2.24) is 5.32 Å². The number of carbonyl (C=O) groups excluding carboxylic acids is 1. The summed E-state index contributed by atoms with van der Waals surface area (Å²) in [6, 6.07) is 0. The summed E-state index contributed by atoms with van der Waals surface area (Å²) in [5.74, 6) is 0.943. The molecule has 0 aliphatic heterocycles. The van der Waals surface area contributed by atoms with Gasteiger partial charge in [-0.2, -0.15) is 0 Å². The van der Waals surface area contributed by atoms with Gasteiger partial charge in [-0.05, 0) is 44.1 Å². The van der Waals surface area contributed by atoms with Gasteiger partial charge in [-0.1, -0.05) is 6.92 Å². The van der Waals surface area contributed by atoms with Crippen molar-refractivity contribution in [3.8, 4) is 0 Å². The molecular formula is C13H23NO3. The van der Waals surface area contributed by atoms with Crippen LogP contribution in [0.15, 0.2) is 0 Å². The van der Waals surface area contributed by atoms with E-state index >= 15 is 0 Å². The van der Waals surface area contributed by atoms with Gasteiger partial charge >= 0.3 is 5.97 Å². The fourth-order valence-corrected chi connectivity index (χ4v) is 2.36. The molecule has 0 radical (unpaired) electrons. The SMILES string of the molecule is CCNC(COCC1CC1)(C(=O)OC)C1CC1. The normalized spacial score (nSPS) is 23.2. The first-order valence-corrected chi connectivity index (χ1v) is 6.64. The summed E-state index contributed by atoms with van der Waals surface area (Å²) < 4.78 is 10.7. The summed E-state index contributed by atoms with van der Waals surface area (Å²) >= 11 is 0. The molecule has 0 heterocycles. The molecule has 1 atom stereocenters. The minimum atomic E-state index is -0.599. The lowest BCUT2D eigenvalue weighted by Gasteiger charge is -2.31. The first-order chi connectivity index (χ1) is 8.23. The monoisotopic (exact) mass is 241 g/mol. The molecule has 0 saturated heterocycles. The van der Waals surface area contributed by atoms with E-state index in [4.69, 9.17) is 9.47 Å². The Morgan fingerprint density at radius 3 is 2.53 bits per heavy atom. The van der Waals surface area contributed by atoms with Crippen LogP contribution in [0.1, 0.15) is 32.6 Å². The quantitative estimate of drug-likeness (QED) is 0.652. The van der Waals surface area contributed by atoms with Gasteiger partial charge in [-0.3, -0.25) is 5.32 Å². The zero-order valence-corrected chi connectivity index (χ0v) is 10.8. The van der Waals surface area contributed by atoms with Crippen molar-refractivity contribution in [1.29, 1.82) is 0 Å². The summed E-state index contributed by atoms with van der Waals surface area (Å²) in [5, 5.41) is 3.30. The van der Waals surface area contributed by atoms with Gasteiger partial charge in [0.1, 0.15) is 5.54 Å². The Hall–Kier alpha value is -0.610. The lowest BCUT2D eigenvalue weighted by atomic mass is 9.94. The maximum Gasteiger partial charge on any atom is 0.328 e. The average Bonchev–Trinajstić information content (AvgIpc) is 3.17. The number of nitrogens with one attached hydrogen (secondary N) is 1. The number of methoxy groups -OCH3 is 1. The van der Waals surface area contributed by atoms with Crippen molar-refractivity contribution >= 4 is 5.97 Å². The van der Waals surface area contributed by atoms with Crippen molar-refractivity contribution in [2.24, 2.45) is 11.8 Å². The van der Waals surface area contributed by atoms with E-state index in [9.17, 15) is 4.79 Å². The molecule has 0 aromatic carbocycles. The highest BCUT2D eigenvalue weighted by molar-refractivity contribution is 5.82. The molecule has 0 aromatic rings. The maximum absolute atomic E-state index is 12.0. The topological polar surface area (TPSA) is 47.6 Å². The Morgan fingerprint density at radius 1 is 1.35 bits per heavy atom. The summed E-state index contributed by atoms with van der Waals surface area (Å²) in [7, 11) is 1.46. The third kappa shape index (κ3) is 2.99. The van der Waals surface area contributed by atoms with E-state index in [-0.39, 0.29) is 5.97 Å². The van der Waals surface area contributed by atoms with Crippen LogP contribution >= 0.6 is 0 Å². The van der Waals surface area contributed by atoms with E-state index in [0.717, 1.165) is 31.9 Å². The molecular weight excluding hydrogens is 218 g/mol. The molecule has 98 valence electrons. The van der Waals surface area contributed by atoms with Gasteiger partial charge in [0, 0.05) is 6.61 Å². The molecule has 2 aliphatic rings. The Kier molecular flexibility index (Phi) is 4.05. The van der Waals surface area contributed by atoms with Crippen LogP contribution in [0.5, 0.6) is 0 Å². The van der Waals surface area contributed by atoms with E-state index in [2.05, 4.69) is 5.32 Å². The van der Waals surface area contributed by atoms with Gasteiger partial charge in [0.2, 0.25) is 0 Å². The lowest BCUT2D eigenvalue weighted by molar-refractivity contribution is -0.153. The predicted octanol–water partition coefficient (Wildman–Crippen LogP) is 1.34. The highest BCUT2D eigenvalue weighted by Gasteiger charge is 2.51. The second kappa shape index (κ2) is 5.36. The van der Waals surface area contributed by atoms with Crippen molar-refractivity contribution in [2.45, 2.75) is 38.1 Å². The molecule has 0 bridgehead atoms.